The predicted octanol–water partition coefficient (Wildman–Crippen LogP) is 2.21. The van der Waals surface area contributed by atoms with Crippen molar-refractivity contribution in [3.05, 3.63) is 63.8 Å². The van der Waals surface area contributed by atoms with Crippen molar-refractivity contribution in [2.24, 2.45) is 23.5 Å². The van der Waals surface area contributed by atoms with Gasteiger partial charge in [-0.1, -0.05) is 23.8 Å². The molecule has 1 aromatic rings. The zero-order chi connectivity index (χ0) is 23.8. The average Bonchev–Trinajstić information content (AvgIpc) is 3.03. The normalized spacial score (nSPS) is 28.8. The number of amides is 4. The molecule has 168 valence electrons. The average molecular weight is 446 g/mol. The van der Waals surface area contributed by atoms with E-state index in [9.17, 15) is 29.1 Å². The van der Waals surface area contributed by atoms with Crippen LogP contribution in [0.1, 0.15) is 36.8 Å². The number of phenolic OH excluding ortho intramolecular Hbond substituents is 1. The lowest BCUT2D eigenvalue weighted by molar-refractivity contribution is -0.136. The van der Waals surface area contributed by atoms with Gasteiger partial charge in [-0.3, -0.25) is 19.2 Å². The van der Waals surface area contributed by atoms with Crippen molar-refractivity contribution in [3.63, 3.8) is 0 Å². The highest BCUT2D eigenvalue weighted by molar-refractivity contribution is 6.24. The Balaban J connectivity index is 1.70. The number of carbonyl (C=O) groups excluding carboxylic acids is 5. The summed E-state index contributed by atoms with van der Waals surface area (Å²) in [5, 5.41) is 10.0. The van der Waals surface area contributed by atoms with Crippen molar-refractivity contribution in [2.45, 2.75) is 32.6 Å². The van der Waals surface area contributed by atoms with Gasteiger partial charge in [-0.2, -0.15) is 4.90 Å². The lowest BCUT2D eigenvalue weighted by Gasteiger charge is -2.42. The molecule has 0 saturated carbocycles. The summed E-state index contributed by atoms with van der Waals surface area (Å²) < 4.78 is 0. The second kappa shape index (κ2) is 7.10. The molecule has 4 amide bonds. The van der Waals surface area contributed by atoms with E-state index in [0.717, 1.165) is 5.57 Å². The number of nitrogens with two attached hydrogens (primary N) is 1. The Hall–Kier alpha value is -3.81. The van der Waals surface area contributed by atoms with Crippen LogP contribution in [-0.2, 0) is 19.2 Å². The topological polar surface area (TPSA) is 135 Å². The van der Waals surface area contributed by atoms with Crippen LogP contribution in [0.4, 0.5) is 4.79 Å². The standard InChI is InChI=1S/C25H22N2O6/c1-10-7-12(3-6-17(10)28)19-13-4-5-14-20(24(32)27(23(14)31)25(26)33)15(13)9-16-21(19)18(29)8-11(2)22(16)30/h3-4,6-8,14-15,19-20,28H,5,9H2,1-2H3,(H2,26,33). The lowest BCUT2D eigenvalue weighted by Crippen LogP contribution is -2.42. The van der Waals surface area contributed by atoms with Crippen LogP contribution in [0.2, 0.25) is 0 Å². The Labute approximate surface area is 189 Å². The van der Waals surface area contributed by atoms with Crippen LogP contribution >= 0.6 is 0 Å². The summed E-state index contributed by atoms with van der Waals surface area (Å²) in [5.41, 5.74) is 8.45. The number of primary amides is 1. The molecule has 33 heavy (non-hydrogen) atoms. The Morgan fingerprint density at radius 2 is 1.82 bits per heavy atom. The van der Waals surface area contributed by atoms with E-state index in [0.29, 0.717) is 32.7 Å². The van der Waals surface area contributed by atoms with E-state index in [2.05, 4.69) is 0 Å². The van der Waals surface area contributed by atoms with Crippen molar-refractivity contribution in [3.8, 4) is 5.75 Å². The number of likely N-dealkylation sites (tertiary alicyclic amines) is 1. The van der Waals surface area contributed by atoms with Crippen LogP contribution in [0, 0.1) is 24.7 Å². The maximum Gasteiger partial charge on any atom is 0.328 e. The molecule has 3 N–H and O–H groups in total. The fourth-order valence-electron chi connectivity index (χ4n) is 5.84. The quantitative estimate of drug-likeness (QED) is 0.386. The summed E-state index contributed by atoms with van der Waals surface area (Å²) in [6.07, 6.45) is 3.57. The van der Waals surface area contributed by atoms with Gasteiger partial charge in [0.2, 0.25) is 11.8 Å². The van der Waals surface area contributed by atoms with Crippen LogP contribution < -0.4 is 5.73 Å². The first kappa shape index (κ1) is 21.1. The first-order valence-corrected chi connectivity index (χ1v) is 10.8. The molecule has 1 aromatic carbocycles. The van der Waals surface area contributed by atoms with E-state index in [4.69, 9.17) is 5.73 Å². The Morgan fingerprint density at radius 1 is 1.09 bits per heavy atom. The van der Waals surface area contributed by atoms with E-state index in [1.807, 2.05) is 6.08 Å². The lowest BCUT2D eigenvalue weighted by atomic mass is 9.59. The maximum atomic E-state index is 13.1. The minimum Gasteiger partial charge on any atom is -0.508 e. The summed E-state index contributed by atoms with van der Waals surface area (Å²) in [4.78, 5) is 64.4. The fourth-order valence-corrected chi connectivity index (χ4v) is 5.84. The fraction of sp³-hybridized carbons (Fsp3) is 0.320. The number of hydrogen-bond acceptors (Lipinski definition) is 6. The van der Waals surface area contributed by atoms with Crippen molar-refractivity contribution in [1.29, 1.82) is 0 Å². The molecule has 0 bridgehead atoms. The van der Waals surface area contributed by atoms with E-state index in [-0.39, 0.29) is 30.2 Å². The second-order valence-corrected chi connectivity index (χ2v) is 9.12. The number of aryl methyl sites for hydroxylation is 1. The van der Waals surface area contributed by atoms with Gasteiger partial charge in [0.25, 0.3) is 0 Å². The molecule has 1 fully saturated rings. The molecule has 0 radical (unpaired) electrons. The monoisotopic (exact) mass is 446 g/mol. The van der Waals surface area contributed by atoms with Gasteiger partial charge in [0.15, 0.2) is 11.6 Å². The summed E-state index contributed by atoms with van der Waals surface area (Å²) >= 11 is 0. The third-order valence-electron chi connectivity index (χ3n) is 7.34. The molecule has 8 heteroatoms. The molecule has 5 rings (SSSR count). The maximum absolute atomic E-state index is 13.1. The van der Waals surface area contributed by atoms with Crippen LogP contribution in [0.3, 0.4) is 0 Å². The molecule has 0 spiro atoms. The summed E-state index contributed by atoms with van der Waals surface area (Å²) in [7, 11) is 0. The number of imide groups is 3. The number of aromatic hydroxyl groups is 1. The third-order valence-corrected chi connectivity index (χ3v) is 7.34. The number of ketones is 2. The van der Waals surface area contributed by atoms with E-state index < -0.39 is 41.5 Å². The van der Waals surface area contributed by atoms with Gasteiger partial charge in [-0.15, -0.1) is 0 Å². The summed E-state index contributed by atoms with van der Waals surface area (Å²) in [6, 6.07) is 3.90. The van der Waals surface area contributed by atoms with Crippen LogP contribution in [0.15, 0.2) is 52.6 Å². The number of phenols is 1. The number of Topliss-reactive ketones (excluding diaryl/α,β-unsaturated/α-hetero) is 1. The molecule has 0 aromatic heterocycles. The highest BCUT2D eigenvalue weighted by Crippen LogP contribution is 2.55. The van der Waals surface area contributed by atoms with Gasteiger partial charge >= 0.3 is 6.03 Å². The number of benzene rings is 1. The third kappa shape index (κ3) is 2.86. The highest BCUT2D eigenvalue weighted by atomic mass is 16.3. The van der Waals surface area contributed by atoms with Crippen molar-refractivity contribution >= 4 is 29.4 Å². The zero-order valence-corrected chi connectivity index (χ0v) is 18.1. The molecule has 3 aliphatic carbocycles. The molecule has 1 heterocycles. The number of rotatable bonds is 1. The van der Waals surface area contributed by atoms with Crippen molar-refractivity contribution in [2.75, 3.05) is 0 Å². The van der Waals surface area contributed by atoms with Gasteiger partial charge in [0.1, 0.15) is 5.75 Å². The predicted molar refractivity (Wildman–Crippen MR) is 116 cm³/mol. The molecule has 1 saturated heterocycles. The molecule has 4 atom stereocenters. The number of urea groups is 1. The van der Waals surface area contributed by atoms with Gasteiger partial charge < -0.3 is 10.8 Å². The first-order chi connectivity index (χ1) is 15.6. The van der Waals surface area contributed by atoms with Crippen LogP contribution in [0.25, 0.3) is 0 Å². The Morgan fingerprint density at radius 3 is 2.48 bits per heavy atom. The van der Waals surface area contributed by atoms with Crippen molar-refractivity contribution < 1.29 is 29.1 Å². The first-order valence-electron chi connectivity index (χ1n) is 10.8. The molecular weight excluding hydrogens is 424 g/mol. The van der Waals surface area contributed by atoms with Gasteiger partial charge in [-0.05, 0) is 55.9 Å². The molecular formula is C25H22N2O6. The summed E-state index contributed by atoms with van der Waals surface area (Å²) in [5.74, 6) is -4.35. The largest absolute Gasteiger partial charge is 0.508 e. The molecule has 4 unspecified atom stereocenters. The summed E-state index contributed by atoms with van der Waals surface area (Å²) in [6.45, 7) is 3.32. The van der Waals surface area contributed by atoms with E-state index in [1.54, 1.807) is 26.0 Å². The van der Waals surface area contributed by atoms with E-state index >= 15 is 0 Å². The van der Waals surface area contributed by atoms with Gasteiger partial charge in [0.05, 0.1) is 11.8 Å². The number of allylic oxidation sites excluding steroid dienone is 6. The van der Waals surface area contributed by atoms with Crippen LogP contribution in [-0.4, -0.2) is 39.4 Å². The van der Waals surface area contributed by atoms with Crippen molar-refractivity contribution in [1.82, 2.24) is 4.90 Å². The molecule has 1 aliphatic heterocycles. The van der Waals surface area contributed by atoms with Gasteiger partial charge in [0, 0.05) is 22.6 Å². The number of hydrogen-bond donors (Lipinski definition) is 2. The zero-order valence-electron chi connectivity index (χ0n) is 18.1. The molecule has 4 aliphatic rings. The van der Waals surface area contributed by atoms with E-state index in [1.165, 1.54) is 12.1 Å². The van der Waals surface area contributed by atoms with Crippen LogP contribution in [0.5, 0.6) is 5.75 Å². The smallest absolute Gasteiger partial charge is 0.328 e. The SMILES string of the molecule is CC1=CC(=O)C2=C(CC3C(=CCC4C(=O)N(C(N)=O)C(=O)C43)C2c2ccc(O)c(C)c2)C1=O. The minimum absolute atomic E-state index is 0.105. The Kier molecular flexibility index (Phi) is 4.53. The Bertz CT molecular complexity index is 1280. The number of nitrogens with zero attached hydrogens (tertiary/aromatic N) is 1. The van der Waals surface area contributed by atoms with Gasteiger partial charge in [-0.25, -0.2) is 4.79 Å². The second-order valence-electron chi connectivity index (χ2n) is 9.12. The molecule has 8 nitrogen and oxygen atoms in total. The number of carbonyl (C=O) groups is 5. The number of fused-ring (bicyclic) bond motifs is 3. The highest BCUT2D eigenvalue weighted by Gasteiger charge is 2.57. The minimum atomic E-state index is -1.11.